The standard InChI is InChI=1S/C9H10ClFN2O/c10-6-3-5(1-2-7(6)11)8(12)4-9(13)14/h1-3,8H,4,12H2,(H2,13,14)/t8-/m1/s1. The lowest BCUT2D eigenvalue weighted by molar-refractivity contribution is -0.118. The van der Waals surface area contributed by atoms with Gasteiger partial charge in [-0.3, -0.25) is 4.79 Å². The molecule has 1 rings (SSSR count). The molecule has 1 amide bonds. The first-order chi connectivity index (χ1) is 6.50. The van der Waals surface area contributed by atoms with Crippen molar-refractivity contribution >= 4 is 17.5 Å². The highest BCUT2D eigenvalue weighted by molar-refractivity contribution is 6.30. The molecule has 1 aromatic rings. The largest absolute Gasteiger partial charge is 0.370 e. The van der Waals surface area contributed by atoms with E-state index in [-0.39, 0.29) is 11.4 Å². The molecule has 14 heavy (non-hydrogen) atoms. The zero-order valence-corrected chi connectivity index (χ0v) is 8.09. The minimum atomic E-state index is -0.536. The summed E-state index contributed by atoms with van der Waals surface area (Å²) in [6.45, 7) is 0. The number of halogens is 2. The molecular formula is C9H10ClFN2O. The lowest BCUT2D eigenvalue weighted by Crippen LogP contribution is -2.20. The number of amides is 1. The van der Waals surface area contributed by atoms with Crippen LogP contribution in [0.5, 0.6) is 0 Å². The Bertz CT molecular complexity index is 357. The Morgan fingerprint density at radius 3 is 2.71 bits per heavy atom. The molecular weight excluding hydrogens is 207 g/mol. The van der Waals surface area contributed by atoms with Gasteiger partial charge in [-0.1, -0.05) is 17.7 Å². The van der Waals surface area contributed by atoms with Gasteiger partial charge in [-0.2, -0.15) is 0 Å². The van der Waals surface area contributed by atoms with E-state index in [9.17, 15) is 9.18 Å². The molecule has 0 bridgehead atoms. The third-order valence-electron chi connectivity index (χ3n) is 1.79. The lowest BCUT2D eigenvalue weighted by Gasteiger charge is -2.09. The van der Waals surface area contributed by atoms with Gasteiger partial charge in [-0.15, -0.1) is 0 Å². The summed E-state index contributed by atoms with van der Waals surface area (Å²) in [5.74, 6) is -1.01. The Balaban J connectivity index is 2.85. The first-order valence-electron chi connectivity index (χ1n) is 3.99. The molecule has 0 aliphatic rings. The van der Waals surface area contributed by atoms with Gasteiger partial charge in [0.15, 0.2) is 0 Å². The fourth-order valence-corrected chi connectivity index (χ4v) is 1.27. The summed E-state index contributed by atoms with van der Waals surface area (Å²) in [7, 11) is 0. The van der Waals surface area contributed by atoms with Gasteiger partial charge in [0.2, 0.25) is 5.91 Å². The van der Waals surface area contributed by atoms with E-state index in [0.717, 1.165) is 0 Å². The topological polar surface area (TPSA) is 69.1 Å². The highest BCUT2D eigenvalue weighted by atomic mass is 35.5. The fraction of sp³-hybridized carbons (Fsp3) is 0.222. The highest BCUT2D eigenvalue weighted by Crippen LogP contribution is 2.21. The minimum Gasteiger partial charge on any atom is -0.370 e. The van der Waals surface area contributed by atoms with Crippen molar-refractivity contribution in [3.8, 4) is 0 Å². The molecule has 0 heterocycles. The number of hydrogen-bond donors (Lipinski definition) is 2. The molecule has 0 aliphatic heterocycles. The fourth-order valence-electron chi connectivity index (χ4n) is 1.08. The number of primary amides is 1. The van der Waals surface area contributed by atoms with Crippen molar-refractivity contribution in [1.29, 1.82) is 0 Å². The minimum absolute atomic E-state index is 0.0116. The van der Waals surface area contributed by atoms with Crippen LogP contribution in [0.3, 0.4) is 0 Å². The van der Waals surface area contributed by atoms with Gasteiger partial charge in [-0.25, -0.2) is 4.39 Å². The number of carbonyl (C=O) groups is 1. The maximum absolute atomic E-state index is 12.8. The summed E-state index contributed by atoms with van der Waals surface area (Å²) in [6, 6.07) is 3.54. The lowest BCUT2D eigenvalue weighted by atomic mass is 10.0. The van der Waals surface area contributed by atoms with Crippen LogP contribution in [0.1, 0.15) is 18.0 Å². The number of rotatable bonds is 3. The van der Waals surface area contributed by atoms with E-state index in [1.807, 2.05) is 0 Å². The van der Waals surface area contributed by atoms with Gasteiger partial charge in [0, 0.05) is 12.5 Å². The summed E-state index contributed by atoms with van der Waals surface area (Å²) in [5.41, 5.74) is 11.2. The second kappa shape index (κ2) is 4.39. The number of nitrogens with two attached hydrogens (primary N) is 2. The Labute approximate surface area is 85.8 Å². The van der Waals surface area contributed by atoms with E-state index in [0.29, 0.717) is 5.56 Å². The quantitative estimate of drug-likeness (QED) is 0.801. The second-order valence-electron chi connectivity index (χ2n) is 2.95. The Morgan fingerprint density at radius 1 is 1.57 bits per heavy atom. The number of carbonyl (C=O) groups excluding carboxylic acids is 1. The smallest absolute Gasteiger partial charge is 0.219 e. The van der Waals surface area contributed by atoms with Crippen molar-refractivity contribution in [2.24, 2.45) is 11.5 Å². The monoisotopic (exact) mass is 216 g/mol. The molecule has 1 atom stereocenters. The molecule has 0 spiro atoms. The van der Waals surface area contributed by atoms with E-state index in [2.05, 4.69) is 0 Å². The maximum Gasteiger partial charge on any atom is 0.219 e. The van der Waals surface area contributed by atoms with Crippen LogP contribution in [0, 0.1) is 5.82 Å². The molecule has 0 fully saturated rings. The predicted molar refractivity (Wildman–Crippen MR) is 52.1 cm³/mol. The van der Waals surface area contributed by atoms with E-state index in [1.54, 1.807) is 0 Å². The van der Waals surface area contributed by atoms with Gasteiger partial charge in [0.25, 0.3) is 0 Å². The molecule has 0 aliphatic carbocycles. The summed E-state index contributed by atoms with van der Waals surface area (Å²) in [5, 5.41) is -0.0116. The van der Waals surface area contributed by atoms with Crippen molar-refractivity contribution in [1.82, 2.24) is 0 Å². The number of benzene rings is 1. The Kier molecular flexibility index (Phi) is 3.43. The first-order valence-corrected chi connectivity index (χ1v) is 4.37. The molecule has 0 unspecified atom stereocenters. The van der Waals surface area contributed by atoms with Crippen LogP contribution in [0.2, 0.25) is 5.02 Å². The summed E-state index contributed by atoms with van der Waals surface area (Å²) in [6.07, 6.45) is 0.0158. The average molecular weight is 217 g/mol. The zero-order valence-electron chi connectivity index (χ0n) is 7.34. The van der Waals surface area contributed by atoms with Gasteiger partial charge >= 0.3 is 0 Å². The van der Waals surface area contributed by atoms with E-state index < -0.39 is 17.8 Å². The second-order valence-corrected chi connectivity index (χ2v) is 3.36. The molecule has 4 N–H and O–H groups in total. The van der Waals surface area contributed by atoms with E-state index in [1.165, 1.54) is 18.2 Å². The van der Waals surface area contributed by atoms with Gasteiger partial charge in [0.05, 0.1) is 5.02 Å². The molecule has 0 saturated heterocycles. The maximum atomic E-state index is 12.8. The highest BCUT2D eigenvalue weighted by Gasteiger charge is 2.10. The molecule has 1 aromatic carbocycles. The molecule has 5 heteroatoms. The summed E-state index contributed by atoms with van der Waals surface area (Å²) < 4.78 is 12.8. The van der Waals surface area contributed by atoms with Crippen molar-refractivity contribution in [3.05, 3.63) is 34.6 Å². The molecule has 3 nitrogen and oxygen atoms in total. The van der Waals surface area contributed by atoms with Crippen molar-refractivity contribution < 1.29 is 9.18 Å². The third kappa shape index (κ3) is 2.68. The Morgan fingerprint density at radius 2 is 2.21 bits per heavy atom. The van der Waals surface area contributed by atoms with Crippen molar-refractivity contribution in [3.63, 3.8) is 0 Å². The van der Waals surface area contributed by atoms with E-state index >= 15 is 0 Å². The van der Waals surface area contributed by atoms with Crippen LogP contribution >= 0.6 is 11.6 Å². The third-order valence-corrected chi connectivity index (χ3v) is 2.08. The summed E-state index contributed by atoms with van der Waals surface area (Å²) in [4.78, 5) is 10.6. The van der Waals surface area contributed by atoms with Crippen LogP contribution in [0.25, 0.3) is 0 Å². The van der Waals surface area contributed by atoms with Gasteiger partial charge in [0.1, 0.15) is 5.82 Å². The first kappa shape index (κ1) is 10.9. The van der Waals surface area contributed by atoms with Gasteiger partial charge < -0.3 is 11.5 Å². The van der Waals surface area contributed by atoms with Crippen LogP contribution in [0.4, 0.5) is 4.39 Å². The molecule has 0 aromatic heterocycles. The van der Waals surface area contributed by atoms with Crippen molar-refractivity contribution in [2.45, 2.75) is 12.5 Å². The SMILES string of the molecule is NC(=O)C[C@@H](N)c1ccc(F)c(Cl)c1. The van der Waals surface area contributed by atoms with Crippen LogP contribution in [-0.4, -0.2) is 5.91 Å². The summed E-state index contributed by atoms with van der Waals surface area (Å²) >= 11 is 5.55. The predicted octanol–water partition coefficient (Wildman–Crippen LogP) is 1.35. The molecule has 76 valence electrons. The van der Waals surface area contributed by atoms with Crippen LogP contribution in [0.15, 0.2) is 18.2 Å². The molecule has 0 saturated carbocycles. The van der Waals surface area contributed by atoms with Crippen LogP contribution < -0.4 is 11.5 Å². The van der Waals surface area contributed by atoms with Crippen molar-refractivity contribution in [2.75, 3.05) is 0 Å². The number of hydrogen-bond acceptors (Lipinski definition) is 2. The Hall–Kier alpha value is -1.13. The molecule has 0 radical (unpaired) electrons. The van der Waals surface area contributed by atoms with E-state index in [4.69, 9.17) is 23.1 Å². The zero-order chi connectivity index (χ0) is 10.7. The van der Waals surface area contributed by atoms with Gasteiger partial charge in [-0.05, 0) is 17.7 Å². The van der Waals surface area contributed by atoms with Crippen LogP contribution in [-0.2, 0) is 4.79 Å². The average Bonchev–Trinajstić information content (AvgIpc) is 2.08. The normalized spacial score (nSPS) is 12.5.